The highest BCUT2D eigenvalue weighted by Crippen LogP contribution is 2.29. The Morgan fingerprint density at radius 1 is 0.939 bits per heavy atom. The van der Waals surface area contributed by atoms with Crippen molar-refractivity contribution in [2.75, 3.05) is 13.1 Å². The molecule has 0 aliphatic rings. The maximum atomic E-state index is 4.25. The third kappa shape index (κ3) is 10.9. The van der Waals surface area contributed by atoms with Gasteiger partial charge in [-0.1, -0.05) is 94.8 Å². The number of nitrogens with one attached hydrogen (secondary N) is 2. The van der Waals surface area contributed by atoms with Gasteiger partial charge in [0.15, 0.2) is 0 Å². The third-order valence-electron chi connectivity index (χ3n) is 5.61. The van der Waals surface area contributed by atoms with Crippen LogP contribution < -0.4 is 5.32 Å². The van der Waals surface area contributed by atoms with Gasteiger partial charge in [0.25, 0.3) is 0 Å². The van der Waals surface area contributed by atoms with E-state index in [-0.39, 0.29) is 0 Å². The molecular weight excluding hydrogens is 400 g/mol. The zero-order valence-electron chi connectivity index (χ0n) is 22.4. The van der Waals surface area contributed by atoms with Crippen molar-refractivity contribution in [1.82, 2.24) is 10.3 Å². The van der Waals surface area contributed by atoms with E-state index in [0.29, 0.717) is 0 Å². The molecule has 0 aliphatic heterocycles. The number of hydrogen-bond acceptors (Lipinski definition) is 1. The van der Waals surface area contributed by atoms with Crippen molar-refractivity contribution in [2.45, 2.75) is 80.6 Å². The van der Waals surface area contributed by atoms with Crippen LogP contribution in [0.1, 0.15) is 82.6 Å². The minimum absolute atomic E-state index is 0.734. The Hall–Kier alpha value is -2.32. The van der Waals surface area contributed by atoms with Crippen LogP contribution in [0.4, 0.5) is 0 Å². The van der Waals surface area contributed by atoms with Gasteiger partial charge >= 0.3 is 0 Å². The summed E-state index contributed by atoms with van der Waals surface area (Å²) >= 11 is 0. The number of fused-ring (bicyclic) bond motifs is 1. The standard InChI is InChI=1S/C17H23N.C8H10.C6H15N/c1-5-14-7-6-8-15-16(11-18-17(14)15)13(4)10-9-12(2)3;1-7-4-3-5-8(2)6-7;1-3-5-7-6-4-2/h6-8,11-12,18H,4-5,9-10H2,1-3H3;3-6H,1-2H3;7H,3-6H2,1-2H3. The van der Waals surface area contributed by atoms with Crippen LogP contribution in [0.3, 0.4) is 0 Å². The van der Waals surface area contributed by atoms with Crippen molar-refractivity contribution in [3.8, 4) is 0 Å². The van der Waals surface area contributed by atoms with Crippen LogP contribution in [0.25, 0.3) is 16.5 Å². The molecule has 3 rings (SSSR count). The van der Waals surface area contributed by atoms with E-state index in [1.165, 1.54) is 71.1 Å². The molecule has 0 bridgehead atoms. The molecule has 3 aromatic rings. The highest BCUT2D eigenvalue weighted by molar-refractivity contribution is 5.93. The number of aromatic amines is 1. The molecule has 0 fully saturated rings. The first kappa shape index (κ1) is 28.7. The first-order valence-corrected chi connectivity index (χ1v) is 12.8. The Kier molecular flexibility index (Phi) is 14.2. The van der Waals surface area contributed by atoms with Gasteiger partial charge in [0, 0.05) is 22.7 Å². The molecule has 0 unspecified atom stereocenters. The molecule has 182 valence electrons. The number of aromatic nitrogens is 1. The molecule has 0 saturated carbocycles. The lowest BCUT2D eigenvalue weighted by Crippen LogP contribution is -2.14. The molecule has 1 heterocycles. The Bertz CT molecular complexity index is 912. The predicted octanol–water partition coefficient (Wildman–Crippen LogP) is 8.88. The van der Waals surface area contributed by atoms with Crippen LogP contribution >= 0.6 is 0 Å². The largest absolute Gasteiger partial charge is 0.360 e. The molecule has 0 atom stereocenters. The molecule has 2 nitrogen and oxygen atoms in total. The van der Waals surface area contributed by atoms with Gasteiger partial charge in [0.2, 0.25) is 0 Å². The number of rotatable bonds is 9. The Morgan fingerprint density at radius 3 is 2.03 bits per heavy atom. The van der Waals surface area contributed by atoms with Crippen molar-refractivity contribution < 1.29 is 0 Å². The van der Waals surface area contributed by atoms with E-state index in [2.05, 4.69) is 114 Å². The van der Waals surface area contributed by atoms with E-state index in [1.54, 1.807) is 0 Å². The average Bonchev–Trinajstić information content (AvgIpc) is 3.23. The topological polar surface area (TPSA) is 27.8 Å². The maximum absolute atomic E-state index is 4.25. The highest BCUT2D eigenvalue weighted by Gasteiger charge is 2.09. The molecular formula is C31H48N2. The van der Waals surface area contributed by atoms with E-state index >= 15 is 0 Å². The van der Waals surface area contributed by atoms with Crippen LogP contribution in [0, 0.1) is 19.8 Å². The highest BCUT2D eigenvalue weighted by atomic mass is 14.8. The van der Waals surface area contributed by atoms with Gasteiger partial charge in [-0.2, -0.15) is 0 Å². The SMILES string of the molecule is C=C(CCC(C)C)c1c[nH]c2c(CC)cccc12.CCCNCCC.Cc1cccc(C)c1. The van der Waals surface area contributed by atoms with Gasteiger partial charge in [0.05, 0.1) is 0 Å². The van der Waals surface area contributed by atoms with Gasteiger partial charge in [0.1, 0.15) is 0 Å². The molecule has 2 heteroatoms. The fourth-order valence-corrected chi connectivity index (χ4v) is 3.69. The summed E-state index contributed by atoms with van der Waals surface area (Å²) in [4.78, 5) is 3.42. The third-order valence-corrected chi connectivity index (χ3v) is 5.61. The van der Waals surface area contributed by atoms with Crippen molar-refractivity contribution >= 4 is 16.5 Å². The molecule has 0 aliphatic carbocycles. The predicted molar refractivity (Wildman–Crippen MR) is 150 cm³/mol. The zero-order valence-corrected chi connectivity index (χ0v) is 22.4. The summed E-state index contributed by atoms with van der Waals surface area (Å²) in [5.41, 5.74) is 7.88. The number of H-pyrrole nitrogens is 1. The van der Waals surface area contributed by atoms with Gasteiger partial charge in [-0.3, -0.25) is 0 Å². The van der Waals surface area contributed by atoms with Crippen LogP contribution in [0.2, 0.25) is 0 Å². The number of aryl methyl sites for hydroxylation is 3. The van der Waals surface area contributed by atoms with Crippen LogP contribution in [-0.4, -0.2) is 18.1 Å². The lowest BCUT2D eigenvalue weighted by atomic mass is 9.97. The summed E-state index contributed by atoms with van der Waals surface area (Å²) in [6.45, 7) is 21.9. The minimum atomic E-state index is 0.734. The molecule has 0 saturated heterocycles. The molecule has 2 aromatic carbocycles. The first-order chi connectivity index (χ1) is 15.8. The second kappa shape index (κ2) is 16.3. The molecule has 1 aromatic heterocycles. The lowest BCUT2D eigenvalue weighted by molar-refractivity contribution is 0.599. The van der Waals surface area contributed by atoms with E-state index in [4.69, 9.17) is 0 Å². The van der Waals surface area contributed by atoms with Gasteiger partial charge in [-0.05, 0) is 76.1 Å². The maximum Gasteiger partial charge on any atom is 0.0492 e. The molecule has 0 spiro atoms. The molecule has 33 heavy (non-hydrogen) atoms. The fraction of sp³-hybridized carbons (Fsp3) is 0.484. The minimum Gasteiger partial charge on any atom is -0.360 e. The van der Waals surface area contributed by atoms with Crippen molar-refractivity contribution in [3.63, 3.8) is 0 Å². The summed E-state index contributed by atoms with van der Waals surface area (Å²) in [5.74, 6) is 0.734. The van der Waals surface area contributed by atoms with Crippen LogP contribution in [-0.2, 0) is 6.42 Å². The molecule has 0 amide bonds. The van der Waals surface area contributed by atoms with Crippen molar-refractivity contribution in [3.05, 3.63) is 77.5 Å². The van der Waals surface area contributed by atoms with E-state index in [1.807, 2.05) is 0 Å². The Balaban J connectivity index is 0.000000300. The second-order valence-electron chi connectivity index (χ2n) is 9.34. The van der Waals surface area contributed by atoms with Gasteiger partial charge in [-0.25, -0.2) is 0 Å². The average molecular weight is 449 g/mol. The number of para-hydroxylation sites is 1. The number of benzene rings is 2. The number of hydrogen-bond donors (Lipinski definition) is 2. The van der Waals surface area contributed by atoms with E-state index in [9.17, 15) is 0 Å². The second-order valence-corrected chi connectivity index (χ2v) is 9.34. The lowest BCUT2D eigenvalue weighted by Gasteiger charge is -2.07. The number of allylic oxidation sites excluding steroid dienone is 1. The van der Waals surface area contributed by atoms with Crippen molar-refractivity contribution in [1.29, 1.82) is 0 Å². The normalized spacial score (nSPS) is 10.4. The van der Waals surface area contributed by atoms with E-state index in [0.717, 1.165) is 18.8 Å². The summed E-state index contributed by atoms with van der Waals surface area (Å²) in [5, 5.41) is 4.61. The smallest absolute Gasteiger partial charge is 0.0492 e. The Morgan fingerprint density at radius 2 is 1.55 bits per heavy atom. The van der Waals surface area contributed by atoms with Crippen LogP contribution in [0.5, 0.6) is 0 Å². The summed E-state index contributed by atoms with van der Waals surface area (Å²) in [6.07, 6.45) is 7.97. The van der Waals surface area contributed by atoms with E-state index < -0.39 is 0 Å². The zero-order chi connectivity index (χ0) is 24.6. The summed E-state index contributed by atoms with van der Waals surface area (Å²) in [7, 11) is 0. The molecule has 2 N–H and O–H groups in total. The Labute approximate surface area is 203 Å². The first-order valence-electron chi connectivity index (χ1n) is 12.8. The molecule has 0 radical (unpaired) electrons. The van der Waals surface area contributed by atoms with Gasteiger partial charge < -0.3 is 10.3 Å². The summed E-state index contributed by atoms with van der Waals surface area (Å²) in [6, 6.07) is 15.0. The van der Waals surface area contributed by atoms with Crippen molar-refractivity contribution in [2.24, 2.45) is 5.92 Å². The fourth-order valence-electron chi connectivity index (χ4n) is 3.69. The summed E-state index contributed by atoms with van der Waals surface area (Å²) < 4.78 is 0. The van der Waals surface area contributed by atoms with Gasteiger partial charge in [-0.15, -0.1) is 0 Å². The monoisotopic (exact) mass is 448 g/mol. The van der Waals surface area contributed by atoms with Crippen LogP contribution in [0.15, 0.2) is 55.2 Å². The quantitative estimate of drug-likeness (QED) is 0.314.